The van der Waals surface area contributed by atoms with Gasteiger partial charge in [0.05, 0.1) is 19.6 Å². The molecule has 7 heteroatoms. The largest absolute Gasteiger partial charge is 0.488 e. The van der Waals surface area contributed by atoms with Crippen molar-refractivity contribution in [2.75, 3.05) is 33.3 Å². The minimum Gasteiger partial charge on any atom is -0.488 e. The number of fused-ring (bicyclic) bond motifs is 1. The standard InChI is InChI=1S/C19H27N3O3.HI/c1-4-20-19(22-11-13(2)16(12-22)18(23)24-3)21-10-15-9-14-7-5-6-8-17(14)25-15;/h5-8,13,15-16H,4,9-12H2,1-3H3,(H,20,21);1H. The average Bonchev–Trinajstić information content (AvgIpc) is 3.21. The Morgan fingerprint density at radius 1 is 1.38 bits per heavy atom. The van der Waals surface area contributed by atoms with E-state index in [9.17, 15) is 4.79 Å². The summed E-state index contributed by atoms with van der Waals surface area (Å²) in [5.41, 5.74) is 1.24. The SMILES string of the molecule is CCNC(=NCC1Cc2ccccc2O1)N1CC(C)C(C(=O)OC)C1.I. The number of nitrogens with zero attached hydrogens (tertiary/aromatic N) is 2. The molecular weight excluding hydrogens is 445 g/mol. The number of hydrogen-bond donors (Lipinski definition) is 1. The maximum atomic E-state index is 11.9. The molecule has 3 atom stereocenters. The van der Waals surface area contributed by atoms with Gasteiger partial charge >= 0.3 is 5.97 Å². The van der Waals surface area contributed by atoms with Gasteiger partial charge in [0, 0.05) is 26.1 Å². The predicted molar refractivity (Wildman–Crippen MR) is 112 cm³/mol. The van der Waals surface area contributed by atoms with Crippen molar-refractivity contribution in [2.24, 2.45) is 16.8 Å². The Bertz CT molecular complexity index is 628. The van der Waals surface area contributed by atoms with Crippen LogP contribution in [0.4, 0.5) is 0 Å². The van der Waals surface area contributed by atoms with Gasteiger partial charge in [0.1, 0.15) is 11.9 Å². The second-order valence-corrected chi connectivity index (χ2v) is 6.76. The van der Waals surface area contributed by atoms with Gasteiger partial charge in [-0.2, -0.15) is 0 Å². The van der Waals surface area contributed by atoms with Crippen LogP contribution < -0.4 is 10.1 Å². The van der Waals surface area contributed by atoms with E-state index < -0.39 is 0 Å². The van der Waals surface area contributed by atoms with Crippen molar-refractivity contribution in [3.63, 3.8) is 0 Å². The van der Waals surface area contributed by atoms with E-state index in [1.54, 1.807) is 0 Å². The first-order valence-corrected chi connectivity index (χ1v) is 8.98. The topological polar surface area (TPSA) is 63.2 Å². The lowest BCUT2D eigenvalue weighted by atomic mass is 9.99. The molecule has 1 N–H and O–H groups in total. The van der Waals surface area contributed by atoms with Crippen LogP contribution in [0.5, 0.6) is 5.75 Å². The summed E-state index contributed by atoms with van der Waals surface area (Å²) >= 11 is 0. The third kappa shape index (κ3) is 4.61. The highest BCUT2D eigenvalue weighted by molar-refractivity contribution is 14.0. The number of rotatable bonds is 4. The number of methoxy groups -OCH3 is 1. The smallest absolute Gasteiger partial charge is 0.310 e. The van der Waals surface area contributed by atoms with Crippen LogP contribution in [-0.2, 0) is 16.0 Å². The van der Waals surface area contributed by atoms with Gasteiger partial charge in [-0.25, -0.2) is 4.99 Å². The number of hydrogen-bond acceptors (Lipinski definition) is 4. The van der Waals surface area contributed by atoms with Gasteiger partial charge in [-0.1, -0.05) is 25.1 Å². The Morgan fingerprint density at radius 2 is 2.15 bits per heavy atom. The first-order valence-electron chi connectivity index (χ1n) is 8.98. The molecule has 1 fully saturated rings. The fourth-order valence-electron chi connectivity index (χ4n) is 3.57. The van der Waals surface area contributed by atoms with Crippen LogP contribution in [0.3, 0.4) is 0 Å². The summed E-state index contributed by atoms with van der Waals surface area (Å²) in [6, 6.07) is 8.14. The lowest BCUT2D eigenvalue weighted by Crippen LogP contribution is -2.41. The molecule has 3 rings (SSSR count). The van der Waals surface area contributed by atoms with E-state index in [4.69, 9.17) is 14.5 Å². The normalized spacial score (nSPS) is 24.5. The molecule has 0 radical (unpaired) electrons. The summed E-state index contributed by atoms with van der Waals surface area (Å²) in [4.78, 5) is 18.8. The molecule has 1 aromatic carbocycles. The first kappa shape index (κ1) is 20.8. The van der Waals surface area contributed by atoms with Gasteiger partial charge in [-0.15, -0.1) is 24.0 Å². The predicted octanol–water partition coefficient (Wildman–Crippen LogP) is 2.31. The number of para-hydroxylation sites is 1. The number of aliphatic imine (C=N–C) groups is 1. The highest BCUT2D eigenvalue weighted by atomic mass is 127. The van der Waals surface area contributed by atoms with Crippen LogP contribution >= 0.6 is 24.0 Å². The lowest BCUT2D eigenvalue weighted by molar-refractivity contribution is -0.145. The number of halogens is 1. The van der Waals surface area contributed by atoms with Crippen LogP contribution in [0.1, 0.15) is 19.4 Å². The number of benzene rings is 1. The summed E-state index contributed by atoms with van der Waals surface area (Å²) in [7, 11) is 1.45. The van der Waals surface area contributed by atoms with Crippen molar-refractivity contribution in [1.29, 1.82) is 0 Å². The Kier molecular flexibility index (Phi) is 7.55. The second kappa shape index (κ2) is 9.43. The minimum atomic E-state index is -0.138. The fourth-order valence-corrected chi connectivity index (χ4v) is 3.57. The Labute approximate surface area is 172 Å². The summed E-state index contributed by atoms with van der Waals surface area (Å²) in [5.74, 6) is 1.83. The first-order chi connectivity index (χ1) is 12.1. The fraction of sp³-hybridized carbons (Fsp3) is 0.579. The van der Waals surface area contributed by atoms with Gasteiger partial charge in [0.25, 0.3) is 0 Å². The summed E-state index contributed by atoms with van der Waals surface area (Å²) in [6.07, 6.45) is 0.961. The molecule has 1 aromatic rings. The zero-order chi connectivity index (χ0) is 17.8. The summed E-state index contributed by atoms with van der Waals surface area (Å²) in [6.45, 7) is 6.97. The highest BCUT2D eigenvalue weighted by Gasteiger charge is 2.37. The highest BCUT2D eigenvalue weighted by Crippen LogP contribution is 2.28. The molecule has 2 aliphatic heterocycles. The average molecular weight is 473 g/mol. The molecule has 0 spiro atoms. The molecule has 0 saturated carbocycles. The molecule has 1 saturated heterocycles. The van der Waals surface area contributed by atoms with Crippen LogP contribution in [0.15, 0.2) is 29.3 Å². The molecule has 0 amide bonds. The van der Waals surface area contributed by atoms with Crippen LogP contribution in [0.2, 0.25) is 0 Å². The Hall–Kier alpha value is -1.51. The van der Waals surface area contributed by atoms with Crippen molar-refractivity contribution in [3.05, 3.63) is 29.8 Å². The molecule has 0 aromatic heterocycles. The molecule has 2 aliphatic rings. The van der Waals surface area contributed by atoms with Crippen molar-refractivity contribution in [3.8, 4) is 5.75 Å². The summed E-state index contributed by atoms with van der Waals surface area (Å²) in [5, 5.41) is 3.34. The Balaban J connectivity index is 0.00000243. The molecular formula is C19H28IN3O3. The van der Waals surface area contributed by atoms with Gasteiger partial charge in [0.2, 0.25) is 0 Å². The minimum absolute atomic E-state index is 0. The maximum absolute atomic E-state index is 11.9. The zero-order valence-electron chi connectivity index (χ0n) is 15.6. The van der Waals surface area contributed by atoms with Crippen LogP contribution in [-0.4, -0.2) is 56.2 Å². The van der Waals surface area contributed by atoms with E-state index in [0.717, 1.165) is 31.2 Å². The lowest BCUT2D eigenvalue weighted by Gasteiger charge is -2.22. The van der Waals surface area contributed by atoms with E-state index in [1.807, 2.05) is 18.2 Å². The van der Waals surface area contributed by atoms with Crippen molar-refractivity contribution in [2.45, 2.75) is 26.4 Å². The van der Waals surface area contributed by atoms with Crippen LogP contribution in [0, 0.1) is 11.8 Å². The van der Waals surface area contributed by atoms with Gasteiger partial charge in [-0.3, -0.25) is 4.79 Å². The molecule has 0 aliphatic carbocycles. The van der Waals surface area contributed by atoms with Gasteiger partial charge in [-0.05, 0) is 24.5 Å². The van der Waals surface area contributed by atoms with Gasteiger partial charge < -0.3 is 19.7 Å². The van der Waals surface area contributed by atoms with E-state index in [1.165, 1.54) is 12.7 Å². The van der Waals surface area contributed by atoms with E-state index >= 15 is 0 Å². The number of carbonyl (C=O) groups excluding carboxylic acids is 1. The molecule has 144 valence electrons. The van der Waals surface area contributed by atoms with Crippen molar-refractivity contribution in [1.82, 2.24) is 10.2 Å². The molecule has 3 unspecified atom stereocenters. The van der Waals surface area contributed by atoms with Crippen LogP contribution in [0.25, 0.3) is 0 Å². The number of nitrogens with one attached hydrogen (secondary N) is 1. The molecule has 2 heterocycles. The molecule has 26 heavy (non-hydrogen) atoms. The zero-order valence-corrected chi connectivity index (χ0v) is 17.9. The van der Waals surface area contributed by atoms with Crippen molar-refractivity contribution >= 4 is 35.9 Å². The van der Waals surface area contributed by atoms with Gasteiger partial charge in [0.15, 0.2) is 5.96 Å². The number of likely N-dealkylation sites (tertiary alicyclic amines) is 1. The third-order valence-corrected chi connectivity index (χ3v) is 4.91. The number of ether oxygens (including phenoxy) is 2. The summed E-state index contributed by atoms with van der Waals surface area (Å²) < 4.78 is 10.9. The van der Waals surface area contributed by atoms with E-state index in [2.05, 4.69) is 30.1 Å². The Morgan fingerprint density at radius 3 is 2.85 bits per heavy atom. The monoisotopic (exact) mass is 473 g/mol. The molecule has 0 bridgehead atoms. The maximum Gasteiger partial charge on any atom is 0.310 e. The van der Waals surface area contributed by atoms with E-state index in [-0.39, 0.29) is 47.9 Å². The molecule has 6 nitrogen and oxygen atoms in total. The number of carbonyl (C=O) groups is 1. The quantitative estimate of drug-likeness (QED) is 0.315. The number of esters is 1. The van der Waals surface area contributed by atoms with E-state index in [0.29, 0.717) is 13.1 Å². The third-order valence-electron chi connectivity index (χ3n) is 4.91. The van der Waals surface area contributed by atoms with Crippen molar-refractivity contribution < 1.29 is 14.3 Å². The number of guanidine groups is 1. The second-order valence-electron chi connectivity index (χ2n) is 6.76.